The summed E-state index contributed by atoms with van der Waals surface area (Å²) >= 11 is 5.40. The van der Waals surface area contributed by atoms with Gasteiger partial charge in [-0.2, -0.15) is 0 Å². The van der Waals surface area contributed by atoms with Gasteiger partial charge in [-0.25, -0.2) is 9.78 Å². The maximum atomic E-state index is 10.4. The van der Waals surface area contributed by atoms with Gasteiger partial charge in [0.1, 0.15) is 5.15 Å². The van der Waals surface area contributed by atoms with Crippen molar-refractivity contribution in [3.05, 3.63) is 16.9 Å². The predicted octanol–water partition coefficient (Wildman–Crippen LogP) is 0.721. The monoisotopic (exact) mass is 188 g/mol. The summed E-state index contributed by atoms with van der Waals surface area (Å²) in [6.07, 6.45) is 0. The Bertz CT molecular complexity index is 340. The molecule has 0 saturated carbocycles. The molecular weight excluding hydrogens is 184 g/mol. The Morgan fingerprint density at radius 1 is 1.67 bits per heavy atom. The standard InChI is InChI=1S/C6H5ClN2O3/c7-3-1-2(8)5(10)4(9-3)6(11)12/h1,10H,(H2,8,9)(H,11,12). The van der Waals surface area contributed by atoms with Gasteiger partial charge < -0.3 is 15.9 Å². The van der Waals surface area contributed by atoms with E-state index in [-0.39, 0.29) is 10.8 Å². The highest BCUT2D eigenvalue weighted by atomic mass is 35.5. The van der Waals surface area contributed by atoms with Gasteiger partial charge in [-0.05, 0) is 0 Å². The van der Waals surface area contributed by atoms with E-state index in [0.717, 1.165) is 0 Å². The first-order chi connectivity index (χ1) is 5.52. The maximum absolute atomic E-state index is 10.4. The zero-order valence-corrected chi connectivity index (χ0v) is 6.54. The third kappa shape index (κ3) is 1.40. The van der Waals surface area contributed by atoms with Crippen molar-refractivity contribution in [3.63, 3.8) is 0 Å². The lowest BCUT2D eigenvalue weighted by Gasteiger charge is -2.01. The van der Waals surface area contributed by atoms with Gasteiger partial charge in [0.05, 0.1) is 5.69 Å². The fourth-order valence-corrected chi connectivity index (χ4v) is 0.877. The number of aromatic nitrogens is 1. The summed E-state index contributed by atoms with van der Waals surface area (Å²) in [6.45, 7) is 0. The predicted molar refractivity (Wildman–Crippen MR) is 42.3 cm³/mol. The van der Waals surface area contributed by atoms with Crippen molar-refractivity contribution in [3.8, 4) is 5.75 Å². The van der Waals surface area contributed by atoms with E-state index in [4.69, 9.17) is 27.5 Å². The molecule has 0 aliphatic heterocycles. The van der Waals surface area contributed by atoms with E-state index in [1.165, 1.54) is 6.07 Å². The van der Waals surface area contributed by atoms with Crippen molar-refractivity contribution in [1.82, 2.24) is 4.98 Å². The summed E-state index contributed by atoms with van der Waals surface area (Å²) in [7, 11) is 0. The van der Waals surface area contributed by atoms with E-state index < -0.39 is 17.4 Å². The number of nitrogens with two attached hydrogens (primary N) is 1. The lowest BCUT2D eigenvalue weighted by Crippen LogP contribution is -2.03. The topological polar surface area (TPSA) is 96.4 Å². The molecule has 0 saturated heterocycles. The number of carbonyl (C=O) groups is 1. The van der Waals surface area contributed by atoms with Crippen LogP contribution in [0.4, 0.5) is 5.69 Å². The molecule has 0 radical (unpaired) electrons. The number of carboxylic acids is 1. The molecule has 0 unspecified atom stereocenters. The van der Waals surface area contributed by atoms with E-state index in [9.17, 15) is 4.79 Å². The molecular formula is C6H5ClN2O3. The summed E-state index contributed by atoms with van der Waals surface area (Å²) in [5.74, 6) is -1.94. The van der Waals surface area contributed by atoms with Gasteiger partial charge in [0, 0.05) is 6.07 Å². The van der Waals surface area contributed by atoms with Gasteiger partial charge in [-0.15, -0.1) is 0 Å². The average Bonchev–Trinajstić information content (AvgIpc) is 1.96. The first kappa shape index (κ1) is 8.61. The molecule has 0 spiro atoms. The molecule has 4 N–H and O–H groups in total. The Morgan fingerprint density at radius 3 is 2.75 bits per heavy atom. The molecule has 0 amide bonds. The average molecular weight is 189 g/mol. The minimum Gasteiger partial charge on any atom is -0.504 e. The number of pyridine rings is 1. The highest BCUT2D eigenvalue weighted by Crippen LogP contribution is 2.25. The normalized spacial score (nSPS) is 9.75. The largest absolute Gasteiger partial charge is 0.504 e. The third-order valence-corrected chi connectivity index (χ3v) is 1.39. The Labute approximate surface area is 72.4 Å². The van der Waals surface area contributed by atoms with Gasteiger partial charge in [-0.1, -0.05) is 11.6 Å². The molecule has 1 aromatic heterocycles. The molecule has 1 rings (SSSR count). The highest BCUT2D eigenvalue weighted by molar-refractivity contribution is 6.29. The lowest BCUT2D eigenvalue weighted by atomic mass is 10.3. The Kier molecular flexibility index (Phi) is 2.05. The number of aromatic carboxylic acids is 1. The van der Waals surface area contributed by atoms with Crippen LogP contribution in [-0.2, 0) is 0 Å². The molecule has 6 heteroatoms. The number of aromatic hydroxyl groups is 1. The van der Waals surface area contributed by atoms with Gasteiger partial charge in [0.15, 0.2) is 11.4 Å². The van der Waals surface area contributed by atoms with Crippen LogP contribution in [0.3, 0.4) is 0 Å². The van der Waals surface area contributed by atoms with Crippen LogP contribution in [0.25, 0.3) is 0 Å². The van der Waals surface area contributed by atoms with Crippen molar-refractivity contribution >= 4 is 23.3 Å². The first-order valence-electron chi connectivity index (χ1n) is 2.90. The molecule has 12 heavy (non-hydrogen) atoms. The van der Waals surface area contributed by atoms with Gasteiger partial charge in [0.2, 0.25) is 0 Å². The minimum absolute atomic E-state index is 0.0669. The van der Waals surface area contributed by atoms with Crippen LogP contribution in [0, 0.1) is 0 Å². The van der Waals surface area contributed by atoms with E-state index in [0.29, 0.717) is 0 Å². The molecule has 0 aliphatic carbocycles. The van der Waals surface area contributed by atoms with Crippen LogP contribution in [-0.4, -0.2) is 21.2 Å². The number of rotatable bonds is 1. The first-order valence-corrected chi connectivity index (χ1v) is 3.28. The summed E-state index contributed by atoms with van der Waals surface area (Å²) in [6, 6.07) is 1.17. The van der Waals surface area contributed by atoms with Gasteiger partial charge in [0.25, 0.3) is 0 Å². The van der Waals surface area contributed by atoms with Crippen molar-refractivity contribution in [1.29, 1.82) is 0 Å². The highest BCUT2D eigenvalue weighted by Gasteiger charge is 2.14. The van der Waals surface area contributed by atoms with Crippen molar-refractivity contribution < 1.29 is 15.0 Å². The van der Waals surface area contributed by atoms with Crippen LogP contribution in [0.2, 0.25) is 5.15 Å². The van der Waals surface area contributed by atoms with Crippen LogP contribution < -0.4 is 5.73 Å². The van der Waals surface area contributed by atoms with Crippen molar-refractivity contribution in [2.75, 3.05) is 5.73 Å². The molecule has 64 valence electrons. The van der Waals surface area contributed by atoms with E-state index in [2.05, 4.69) is 4.98 Å². The summed E-state index contributed by atoms with van der Waals surface area (Å²) < 4.78 is 0. The molecule has 0 aliphatic rings. The van der Waals surface area contributed by atoms with Crippen molar-refractivity contribution in [2.24, 2.45) is 0 Å². The second kappa shape index (κ2) is 2.86. The smallest absolute Gasteiger partial charge is 0.358 e. The Hall–Kier alpha value is -1.49. The molecule has 0 bridgehead atoms. The summed E-state index contributed by atoms with van der Waals surface area (Å²) in [4.78, 5) is 13.8. The SMILES string of the molecule is Nc1cc(Cl)nc(C(=O)O)c1O. The van der Waals surface area contributed by atoms with Crippen molar-refractivity contribution in [2.45, 2.75) is 0 Å². The van der Waals surface area contributed by atoms with E-state index >= 15 is 0 Å². The van der Waals surface area contributed by atoms with Crippen LogP contribution in [0.1, 0.15) is 10.5 Å². The summed E-state index contributed by atoms with van der Waals surface area (Å²) in [5.41, 5.74) is 4.58. The van der Waals surface area contributed by atoms with Gasteiger partial charge in [-0.3, -0.25) is 0 Å². The maximum Gasteiger partial charge on any atom is 0.358 e. The molecule has 0 aromatic carbocycles. The number of carboxylic acid groups (broad SMARTS) is 1. The number of nitrogens with zero attached hydrogens (tertiary/aromatic N) is 1. The Balaban J connectivity index is 3.37. The number of hydrogen-bond acceptors (Lipinski definition) is 4. The number of anilines is 1. The third-order valence-electron chi connectivity index (χ3n) is 1.19. The Morgan fingerprint density at radius 2 is 2.25 bits per heavy atom. The van der Waals surface area contributed by atoms with Crippen LogP contribution in [0.15, 0.2) is 6.07 Å². The number of hydrogen-bond donors (Lipinski definition) is 3. The van der Waals surface area contributed by atoms with Crippen LogP contribution >= 0.6 is 11.6 Å². The molecule has 0 atom stereocenters. The molecule has 5 nitrogen and oxygen atoms in total. The quantitative estimate of drug-likeness (QED) is 0.565. The number of halogens is 1. The van der Waals surface area contributed by atoms with E-state index in [1.807, 2.05) is 0 Å². The molecule has 1 heterocycles. The van der Waals surface area contributed by atoms with E-state index in [1.54, 1.807) is 0 Å². The van der Waals surface area contributed by atoms with Crippen LogP contribution in [0.5, 0.6) is 5.75 Å². The summed E-state index contributed by atoms with van der Waals surface area (Å²) in [5, 5.41) is 17.5. The second-order valence-corrected chi connectivity index (χ2v) is 2.42. The fourth-order valence-electron chi connectivity index (χ4n) is 0.675. The minimum atomic E-state index is -1.37. The molecule has 0 fully saturated rings. The number of nitrogen functional groups attached to an aromatic ring is 1. The zero-order valence-electron chi connectivity index (χ0n) is 5.78. The fraction of sp³-hybridized carbons (Fsp3) is 0. The second-order valence-electron chi connectivity index (χ2n) is 2.04. The van der Waals surface area contributed by atoms with Gasteiger partial charge >= 0.3 is 5.97 Å². The lowest BCUT2D eigenvalue weighted by molar-refractivity contribution is 0.0687. The molecule has 1 aromatic rings. The zero-order chi connectivity index (χ0) is 9.30.